The van der Waals surface area contributed by atoms with Gasteiger partial charge in [-0.1, -0.05) is 17.8 Å². The summed E-state index contributed by atoms with van der Waals surface area (Å²) in [6.45, 7) is 9.15. The number of rotatable bonds is 7. The third-order valence-corrected chi connectivity index (χ3v) is 8.85. The normalized spacial score (nSPS) is 15.7. The highest BCUT2D eigenvalue weighted by atomic mass is 32.2. The number of hydrogen-bond donors (Lipinski definition) is 1. The molecule has 3 rings (SSSR count). The van der Waals surface area contributed by atoms with E-state index in [1.807, 2.05) is 38.7 Å². The summed E-state index contributed by atoms with van der Waals surface area (Å²) in [6, 6.07) is 8.24. The number of sulfonamides is 1. The van der Waals surface area contributed by atoms with E-state index < -0.39 is 15.8 Å². The first-order chi connectivity index (χ1) is 15.5. The summed E-state index contributed by atoms with van der Waals surface area (Å²) < 4.78 is 53.1. The summed E-state index contributed by atoms with van der Waals surface area (Å²) >= 11 is 0.450. The van der Waals surface area contributed by atoms with Gasteiger partial charge in [0.25, 0.3) is 5.76 Å². The van der Waals surface area contributed by atoms with Crippen LogP contribution in [0, 0.1) is 27.7 Å². The minimum Gasteiger partial charge on any atom is -0.325 e. The first-order valence-corrected chi connectivity index (χ1v) is 13.0. The Balaban J connectivity index is 1.58. The van der Waals surface area contributed by atoms with Gasteiger partial charge < -0.3 is 5.32 Å². The quantitative estimate of drug-likeness (QED) is 0.582. The summed E-state index contributed by atoms with van der Waals surface area (Å²) in [7, 11) is -3.63. The second-order valence-electron chi connectivity index (χ2n) is 8.22. The number of aryl methyl sites for hydroxylation is 2. The molecule has 0 aromatic heterocycles. The number of anilines is 1. The Morgan fingerprint density at radius 1 is 1.00 bits per heavy atom. The molecule has 1 fully saturated rings. The summed E-state index contributed by atoms with van der Waals surface area (Å²) in [5.41, 5.74) is 3.98. The van der Waals surface area contributed by atoms with Gasteiger partial charge in [-0.3, -0.25) is 9.69 Å². The van der Waals surface area contributed by atoms with Crippen LogP contribution in [0.5, 0.6) is 0 Å². The van der Waals surface area contributed by atoms with Crippen LogP contribution < -0.4 is 5.32 Å². The van der Waals surface area contributed by atoms with Gasteiger partial charge in [0.15, 0.2) is 0 Å². The standard InChI is InChI=1S/C23H29F2N3O3S2/c1-15-13-16(2)18(4)22(17(15)3)33(30,31)28-11-9-27(10-12-28)14-21(29)26-19-5-7-20(8-6-19)32-23(24)25/h5-8,13,23H,9-12,14H2,1-4H3,(H,26,29). The monoisotopic (exact) mass is 497 g/mol. The van der Waals surface area contributed by atoms with Gasteiger partial charge in [0, 0.05) is 36.8 Å². The maximum absolute atomic E-state index is 13.4. The van der Waals surface area contributed by atoms with Crippen LogP contribution in [0.1, 0.15) is 22.3 Å². The zero-order valence-electron chi connectivity index (χ0n) is 19.2. The lowest BCUT2D eigenvalue weighted by molar-refractivity contribution is -0.117. The number of piperazine rings is 1. The SMILES string of the molecule is Cc1cc(C)c(C)c(S(=O)(=O)N2CCN(CC(=O)Nc3ccc(SC(F)F)cc3)CC2)c1C. The van der Waals surface area contributed by atoms with Gasteiger partial charge in [0.1, 0.15) is 0 Å². The zero-order valence-corrected chi connectivity index (χ0v) is 20.8. The van der Waals surface area contributed by atoms with Crippen LogP contribution in [0.2, 0.25) is 0 Å². The Bertz CT molecular complexity index is 1090. The minimum absolute atomic E-state index is 0.128. The fourth-order valence-electron chi connectivity index (χ4n) is 3.95. The Morgan fingerprint density at radius 2 is 1.55 bits per heavy atom. The molecule has 1 amide bonds. The maximum Gasteiger partial charge on any atom is 0.288 e. The van der Waals surface area contributed by atoms with Crippen molar-refractivity contribution in [3.63, 3.8) is 0 Å². The van der Waals surface area contributed by atoms with Gasteiger partial charge in [-0.25, -0.2) is 8.42 Å². The molecule has 0 aliphatic carbocycles. The second-order valence-corrected chi connectivity index (χ2v) is 11.2. The van der Waals surface area contributed by atoms with Gasteiger partial charge in [-0.15, -0.1) is 0 Å². The highest BCUT2D eigenvalue weighted by Gasteiger charge is 2.32. The van der Waals surface area contributed by atoms with Crippen molar-refractivity contribution in [1.82, 2.24) is 9.21 Å². The summed E-state index contributed by atoms with van der Waals surface area (Å²) in [5.74, 6) is -2.72. The number of alkyl halides is 2. The minimum atomic E-state index is -3.63. The van der Waals surface area contributed by atoms with E-state index in [0.29, 0.717) is 53.4 Å². The highest BCUT2D eigenvalue weighted by Crippen LogP contribution is 2.29. The Kier molecular flexibility index (Phi) is 8.15. The smallest absolute Gasteiger partial charge is 0.288 e. The van der Waals surface area contributed by atoms with E-state index in [0.717, 1.165) is 22.3 Å². The summed E-state index contributed by atoms with van der Waals surface area (Å²) in [5, 5.41) is 2.76. The topological polar surface area (TPSA) is 69.7 Å². The molecule has 1 aliphatic rings. The van der Waals surface area contributed by atoms with Crippen molar-refractivity contribution < 1.29 is 22.0 Å². The molecule has 10 heteroatoms. The lowest BCUT2D eigenvalue weighted by Crippen LogP contribution is -2.50. The number of nitrogens with one attached hydrogen (secondary N) is 1. The predicted octanol–water partition coefficient (Wildman–Crippen LogP) is 4.18. The Morgan fingerprint density at radius 3 is 2.06 bits per heavy atom. The van der Waals surface area contributed by atoms with E-state index in [1.165, 1.54) is 16.4 Å². The number of carbonyl (C=O) groups is 1. The van der Waals surface area contributed by atoms with Crippen molar-refractivity contribution in [2.45, 2.75) is 43.2 Å². The van der Waals surface area contributed by atoms with Crippen LogP contribution in [0.3, 0.4) is 0 Å². The molecule has 2 aromatic carbocycles. The first kappa shape index (κ1) is 25.6. The second kappa shape index (κ2) is 10.5. The van der Waals surface area contributed by atoms with Crippen LogP contribution in [0.15, 0.2) is 40.1 Å². The van der Waals surface area contributed by atoms with Crippen molar-refractivity contribution in [3.05, 3.63) is 52.6 Å². The van der Waals surface area contributed by atoms with E-state index in [1.54, 1.807) is 12.1 Å². The third-order valence-electron chi connectivity index (χ3n) is 5.96. The van der Waals surface area contributed by atoms with Gasteiger partial charge in [0.2, 0.25) is 15.9 Å². The first-order valence-electron chi connectivity index (χ1n) is 10.6. The molecule has 0 bridgehead atoms. The average molecular weight is 498 g/mol. The molecule has 1 aliphatic heterocycles. The van der Waals surface area contributed by atoms with Gasteiger partial charge in [0.05, 0.1) is 11.4 Å². The Hall–Kier alpha value is -2.01. The number of nitrogens with zero attached hydrogens (tertiary/aromatic N) is 2. The molecule has 0 radical (unpaired) electrons. The molecule has 2 aromatic rings. The van der Waals surface area contributed by atoms with Gasteiger partial charge in [-0.05, 0) is 74.2 Å². The van der Waals surface area contributed by atoms with E-state index in [-0.39, 0.29) is 12.5 Å². The molecular formula is C23H29F2N3O3S2. The molecule has 0 saturated carbocycles. The van der Waals surface area contributed by atoms with E-state index in [4.69, 9.17) is 0 Å². The Labute approximate surface area is 198 Å². The van der Waals surface area contributed by atoms with Crippen LogP contribution in [0.25, 0.3) is 0 Å². The third kappa shape index (κ3) is 6.11. The van der Waals surface area contributed by atoms with E-state index in [9.17, 15) is 22.0 Å². The molecular weight excluding hydrogens is 468 g/mol. The average Bonchev–Trinajstić information content (AvgIpc) is 2.74. The van der Waals surface area contributed by atoms with Crippen LogP contribution in [-0.4, -0.2) is 62.0 Å². The number of benzene rings is 2. The maximum atomic E-state index is 13.4. The molecule has 0 spiro atoms. The van der Waals surface area contributed by atoms with Crippen molar-refractivity contribution in [3.8, 4) is 0 Å². The fraction of sp³-hybridized carbons (Fsp3) is 0.435. The summed E-state index contributed by atoms with van der Waals surface area (Å²) in [4.78, 5) is 15.1. The fourth-order valence-corrected chi connectivity index (χ4v) is 6.45. The van der Waals surface area contributed by atoms with Crippen molar-refractivity contribution in [2.24, 2.45) is 0 Å². The number of amides is 1. The molecule has 6 nitrogen and oxygen atoms in total. The predicted molar refractivity (Wildman–Crippen MR) is 128 cm³/mol. The van der Waals surface area contributed by atoms with Crippen LogP contribution in [0.4, 0.5) is 14.5 Å². The van der Waals surface area contributed by atoms with Gasteiger partial charge in [-0.2, -0.15) is 13.1 Å². The lowest BCUT2D eigenvalue weighted by Gasteiger charge is -2.34. The van der Waals surface area contributed by atoms with Crippen LogP contribution >= 0.6 is 11.8 Å². The number of hydrogen-bond acceptors (Lipinski definition) is 5. The molecule has 1 heterocycles. The molecule has 33 heavy (non-hydrogen) atoms. The number of halogens is 2. The van der Waals surface area contributed by atoms with Crippen molar-refractivity contribution in [2.75, 3.05) is 38.0 Å². The van der Waals surface area contributed by atoms with Crippen molar-refractivity contribution in [1.29, 1.82) is 0 Å². The molecule has 1 saturated heterocycles. The molecule has 1 N–H and O–H groups in total. The number of thioether (sulfide) groups is 1. The molecule has 0 unspecified atom stereocenters. The van der Waals surface area contributed by atoms with Crippen molar-refractivity contribution >= 4 is 33.4 Å². The lowest BCUT2D eigenvalue weighted by atomic mass is 10.0. The molecule has 180 valence electrons. The number of carbonyl (C=O) groups excluding carboxylic acids is 1. The largest absolute Gasteiger partial charge is 0.325 e. The van der Waals surface area contributed by atoms with Gasteiger partial charge >= 0.3 is 0 Å². The van der Waals surface area contributed by atoms with E-state index in [2.05, 4.69) is 5.32 Å². The molecule has 0 atom stereocenters. The van der Waals surface area contributed by atoms with Crippen LogP contribution in [-0.2, 0) is 14.8 Å². The van der Waals surface area contributed by atoms with E-state index >= 15 is 0 Å². The zero-order chi connectivity index (χ0) is 24.3. The highest BCUT2D eigenvalue weighted by molar-refractivity contribution is 7.99. The summed E-state index contributed by atoms with van der Waals surface area (Å²) in [6.07, 6.45) is 0.